The lowest BCUT2D eigenvalue weighted by Gasteiger charge is -2.13. The predicted octanol–water partition coefficient (Wildman–Crippen LogP) is 3.72. The molecule has 1 aliphatic rings. The van der Waals surface area contributed by atoms with Gasteiger partial charge in [-0.05, 0) is 48.1 Å². The Morgan fingerprint density at radius 3 is 2.94 bits per heavy atom. The van der Waals surface area contributed by atoms with E-state index in [2.05, 4.69) is 16.8 Å². The summed E-state index contributed by atoms with van der Waals surface area (Å²) in [5, 5.41) is 15.0. The largest absolute Gasteiger partial charge is 0.392 e. The highest BCUT2D eigenvalue weighted by Crippen LogP contribution is 2.30. The molecule has 1 nitrogen and oxygen atoms in total. The number of aliphatic hydroxyl groups is 1. The van der Waals surface area contributed by atoms with Crippen LogP contribution in [0, 0.1) is 0 Å². The van der Waals surface area contributed by atoms with E-state index in [4.69, 9.17) is 0 Å². The first-order chi connectivity index (χ1) is 7.84. The summed E-state index contributed by atoms with van der Waals surface area (Å²) in [5.41, 5.74) is 1.37. The van der Waals surface area contributed by atoms with E-state index < -0.39 is 0 Å². The number of hydrogen-bond donors (Lipinski definition) is 1. The average Bonchev–Trinajstić information content (AvgIpc) is 2.96. The fourth-order valence-corrected chi connectivity index (χ4v) is 4.18. The van der Waals surface area contributed by atoms with Gasteiger partial charge in [-0.15, -0.1) is 0 Å². The van der Waals surface area contributed by atoms with E-state index in [1.54, 1.807) is 11.3 Å². The van der Waals surface area contributed by atoms with Gasteiger partial charge in [-0.1, -0.05) is 12.8 Å². The van der Waals surface area contributed by atoms with Gasteiger partial charge in [0, 0.05) is 11.0 Å². The molecule has 0 aromatic carbocycles. The van der Waals surface area contributed by atoms with Crippen LogP contribution in [0.5, 0.6) is 0 Å². The van der Waals surface area contributed by atoms with Crippen molar-refractivity contribution in [3.05, 3.63) is 22.4 Å². The van der Waals surface area contributed by atoms with Crippen LogP contribution in [0.2, 0.25) is 0 Å². The van der Waals surface area contributed by atoms with Crippen LogP contribution in [0.25, 0.3) is 0 Å². The molecule has 1 fully saturated rings. The van der Waals surface area contributed by atoms with Gasteiger partial charge < -0.3 is 5.11 Å². The number of aryl methyl sites for hydroxylation is 1. The van der Waals surface area contributed by atoms with Gasteiger partial charge in [-0.3, -0.25) is 0 Å². The van der Waals surface area contributed by atoms with Crippen molar-refractivity contribution in [2.45, 2.75) is 49.9 Å². The van der Waals surface area contributed by atoms with Gasteiger partial charge in [-0.2, -0.15) is 23.1 Å². The Kier molecular flexibility index (Phi) is 5.20. The van der Waals surface area contributed by atoms with Crippen molar-refractivity contribution in [2.75, 3.05) is 5.75 Å². The molecular weight excluding hydrogens is 236 g/mol. The van der Waals surface area contributed by atoms with Crippen molar-refractivity contribution in [1.82, 2.24) is 0 Å². The maximum Gasteiger partial charge on any atom is 0.0633 e. The summed E-state index contributed by atoms with van der Waals surface area (Å²) in [5.74, 6) is 0.925. The van der Waals surface area contributed by atoms with Gasteiger partial charge in [-0.25, -0.2) is 0 Å². The van der Waals surface area contributed by atoms with Crippen LogP contribution in [0.15, 0.2) is 16.8 Å². The molecule has 0 spiro atoms. The summed E-state index contributed by atoms with van der Waals surface area (Å²) in [4.78, 5) is 0. The normalized spacial score (nSPS) is 19.1. The fraction of sp³-hybridized carbons (Fsp3) is 0.692. The Labute approximate surface area is 106 Å². The molecule has 0 amide bonds. The van der Waals surface area contributed by atoms with E-state index in [0.717, 1.165) is 23.8 Å². The van der Waals surface area contributed by atoms with E-state index in [-0.39, 0.29) is 6.10 Å². The van der Waals surface area contributed by atoms with Crippen LogP contribution in [0.1, 0.15) is 37.7 Å². The van der Waals surface area contributed by atoms with Crippen molar-refractivity contribution < 1.29 is 5.11 Å². The van der Waals surface area contributed by atoms with Gasteiger partial charge in [0.15, 0.2) is 0 Å². The first-order valence-electron chi connectivity index (χ1n) is 6.15. The lowest BCUT2D eigenvalue weighted by molar-refractivity contribution is 0.189. The van der Waals surface area contributed by atoms with Crippen LogP contribution in [0.4, 0.5) is 0 Å². The molecule has 0 saturated heterocycles. The van der Waals surface area contributed by atoms with Crippen LogP contribution >= 0.6 is 23.1 Å². The minimum absolute atomic E-state index is 0.120. The maximum absolute atomic E-state index is 9.89. The van der Waals surface area contributed by atoms with E-state index in [1.165, 1.54) is 31.2 Å². The molecular formula is C13H20OS2. The molecule has 3 heteroatoms. The highest BCUT2D eigenvalue weighted by Gasteiger charge is 2.16. The summed E-state index contributed by atoms with van der Waals surface area (Å²) in [6.07, 6.45) is 7.33. The highest BCUT2D eigenvalue weighted by atomic mass is 32.2. The number of aliphatic hydroxyl groups excluding tert-OH is 1. The SMILES string of the molecule is OC(CCc1ccsc1)CSC1CCCC1. The third-order valence-electron chi connectivity index (χ3n) is 3.17. The van der Waals surface area contributed by atoms with Crippen molar-refractivity contribution >= 4 is 23.1 Å². The third kappa shape index (κ3) is 4.11. The summed E-state index contributed by atoms with van der Waals surface area (Å²) in [6.45, 7) is 0. The zero-order valence-electron chi connectivity index (χ0n) is 9.60. The Morgan fingerprint density at radius 1 is 1.44 bits per heavy atom. The lowest BCUT2D eigenvalue weighted by Crippen LogP contribution is -2.13. The van der Waals surface area contributed by atoms with Crippen molar-refractivity contribution in [3.63, 3.8) is 0 Å². The van der Waals surface area contributed by atoms with Crippen LogP contribution in [0.3, 0.4) is 0 Å². The Hall–Kier alpha value is 0.01000. The van der Waals surface area contributed by atoms with Gasteiger partial charge in [0.1, 0.15) is 0 Å². The van der Waals surface area contributed by atoms with E-state index >= 15 is 0 Å². The Morgan fingerprint density at radius 2 is 2.25 bits per heavy atom. The third-order valence-corrected chi connectivity index (χ3v) is 5.42. The number of rotatable bonds is 6. The quantitative estimate of drug-likeness (QED) is 0.837. The second kappa shape index (κ2) is 6.67. The molecule has 1 N–H and O–H groups in total. The number of thiophene rings is 1. The maximum atomic E-state index is 9.89. The van der Waals surface area contributed by atoms with E-state index in [0.29, 0.717) is 0 Å². The average molecular weight is 256 g/mol. The van der Waals surface area contributed by atoms with Gasteiger partial charge in [0.2, 0.25) is 0 Å². The molecule has 0 aliphatic heterocycles. The molecule has 0 bridgehead atoms. The highest BCUT2D eigenvalue weighted by molar-refractivity contribution is 7.99. The minimum Gasteiger partial charge on any atom is -0.392 e. The first-order valence-corrected chi connectivity index (χ1v) is 8.14. The molecule has 1 heterocycles. The molecule has 2 rings (SSSR count). The molecule has 0 radical (unpaired) electrons. The van der Waals surface area contributed by atoms with E-state index in [9.17, 15) is 5.11 Å². The standard InChI is InChI=1S/C13H20OS2/c14-12(6-5-11-7-8-15-9-11)10-16-13-3-1-2-4-13/h7-9,12-14H,1-6,10H2. The predicted molar refractivity (Wildman–Crippen MR) is 73.4 cm³/mol. The molecule has 1 aromatic heterocycles. The molecule has 1 aromatic rings. The van der Waals surface area contributed by atoms with Crippen LogP contribution in [-0.4, -0.2) is 22.2 Å². The molecule has 90 valence electrons. The summed E-state index contributed by atoms with van der Waals surface area (Å²) in [7, 11) is 0. The summed E-state index contributed by atoms with van der Waals surface area (Å²) >= 11 is 3.72. The Bertz CT molecular complexity index is 278. The number of thioether (sulfide) groups is 1. The molecule has 16 heavy (non-hydrogen) atoms. The molecule has 1 unspecified atom stereocenters. The zero-order chi connectivity index (χ0) is 11.2. The van der Waals surface area contributed by atoms with Crippen molar-refractivity contribution in [1.29, 1.82) is 0 Å². The van der Waals surface area contributed by atoms with Crippen LogP contribution < -0.4 is 0 Å². The second-order valence-corrected chi connectivity index (χ2v) is 6.68. The van der Waals surface area contributed by atoms with Gasteiger partial charge in [0.25, 0.3) is 0 Å². The van der Waals surface area contributed by atoms with Gasteiger partial charge in [0.05, 0.1) is 6.10 Å². The molecule has 1 aliphatic carbocycles. The Balaban J connectivity index is 1.58. The summed E-state index contributed by atoms with van der Waals surface area (Å²) < 4.78 is 0. The number of hydrogen-bond acceptors (Lipinski definition) is 3. The topological polar surface area (TPSA) is 20.2 Å². The lowest BCUT2D eigenvalue weighted by atomic mass is 10.1. The smallest absolute Gasteiger partial charge is 0.0633 e. The summed E-state index contributed by atoms with van der Waals surface area (Å²) in [6, 6.07) is 2.15. The molecule has 1 atom stereocenters. The van der Waals surface area contributed by atoms with Crippen molar-refractivity contribution in [2.24, 2.45) is 0 Å². The molecule has 1 saturated carbocycles. The van der Waals surface area contributed by atoms with E-state index in [1.807, 2.05) is 11.8 Å². The second-order valence-electron chi connectivity index (χ2n) is 4.56. The first kappa shape index (κ1) is 12.5. The van der Waals surface area contributed by atoms with Crippen LogP contribution in [-0.2, 0) is 6.42 Å². The van der Waals surface area contributed by atoms with Gasteiger partial charge >= 0.3 is 0 Å². The van der Waals surface area contributed by atoms with Crippen molar-refractivity contribution in [3.8, 4) is 0 Å². The fourth-order valence-electron chi connectivity index (χ4n) is 2.15. The zero-order valence-corrected chi connectivity index (χ0v) is 11.2. The minimum atomic E-state index is -0.120. The monoisotopic (exact) mass is 256 g/mol.